The molecule has 0 bridgehead atoms. The van der Waals surface area contributed by atoms with Crippen LogP contribution in [0.15, 0.2) is 40.9 Å². The van der Waals surface area contributed by atoms with E-state index >= 15 is 0 Å². The number of halogens is 3. The van der Waals surface area contributed by atoms with E-state index in [2.05, 4.69) is 38.5 Å². The lowest BCUT2D eigenvalue weighted by atomic mass is 10.1. The van der Waals surface area contributed by atoms with Crippen molar-refractivity contribution in [2.45, 2.75) is 6.92 Å². The van der Waals surface area contributed by atoms with Gasteiger partial charge in [-0.05, 0) is 65.4 Å². The van der Waals surface area contributed by atoms with Gasteiger partial charge in [0, 0.05) is 8.04 Å². The maximum atomic E-state index is 12.0. The van der Waals surface area contributed by atoms with E-state index in [0.29, 0.717) is 16.3 Å². The van der Waals surface area contributed by atoms with Gasteiger partial charge >= 0.3 is 5.97 Å². The van der Waals surface area contributed by atoms with E-state index in [1.165, 1.54) is 0 Å². The van der Waals surface area contributed by atoms with Crippen LogP contribution >= 0.6 is 50.1 Å². The molecule has 0 aliphatic heterocycles. The molecule has 0 N–H and O–H groups in total. The van der Waals surface area contributed by atoms with Crippen molar-refractivity contribution in [1.29, 1.82) is 0 Å². The smallest absolute Gasteiger partial charge is 0.343 e. The highest BCUT2D eigenvalue weighted by molar-refractivity contribution is 14.1. The van der Waals surface area contributed by atoms with Crippen molar-refractivity contribution in [2.24, 2.45) is 0 Å². The van der Waals surface area contributed by atoms with Crippen molar-refractivity contribution in [3.05, 3.63) is 60.6 Å². The van der Waals surface area contributed by atoms with Crippen LogP contribution < -0.4 is 4.74 Å². The molecular formula is C14H9BrClIO2. The van der Waals surface area contributed by atoms with Crippen molar-refractivity contribution >= 4 is 56.1 Å². The topological polar surface area (TPSA) is 26.3 Å². The fourth-order valence-corrected chi connectivity index (χ4v) is 2.66. The molecule has 0 saturated carbocycles. The predicted octanol–water partition coefficient (Wildman–Crippen LogP) is 5.23. The molecule has 2 nitrogen and oxygen atoms in total. The Morgan fingerprint density at radius 2 is 2.00 bits per heavy atom. The molecule has 0 aromatic heterocycles. The van der Waals surface area contributed by atoms with Gasteiger partial charge in [0.15, 0.2) is 0 Å². The van der Waals surface area contributed by atoms with E-state index in [-0.39, 0.29) is 0 Å². The summed E-state index contributed by atoms with van der Waals surface area (Å²) >= 11 is 11.5. The fraction of sp³-hybridized carbons (Fsp3) is 0.0714. The first-order chi connectivity index (χ1) is 8.97. The van der Waals surface area contributed by atoms with Gasteiger partial charge in [-0.3, -0.25) is 0 Å². The zero-order chi connectivity index (χ0) is 14.0. The van der Waals surface area contributed by atoms with E-state index in [1.807, 2.05) is 13.0 Å². The Labute approximate surface area is 138 Å². The molecule has 0 unspecified atom stereocenters. The highest BCUT2D eigenvalue weighted by Crippen LogP contribution is 2.28. The number of carbonyl (C=O) groups excluding carboxylic acids is 1. The number of hydrogen-bond acceptors (Lipinski definition) is 2. The SMILES string of the molecule is Cc1ccc(C(=O)Oc2ccc(Br)cc2Cl)cc1I. The lowest BCUT2D eigenvalue weighted by Crippen LogP contribution is -2.09. The zero-order valence-electron chi connectivity index (χ0n) is 9.91. The van der Waals surface area contributed by atoms with Gasteiger partial charge in [0.2, 0.25) is 0 Å². The van der Waals surface area contributed by atoms with Gasteiger partial charge in [-0.15, -0.1) is 0 Å². The van der Waals surface area contributed by atoms with Crippen molar-refractivity contribution in [3.63, 3.8) is 0 Å². The second-order valence-electron chi connectivity index (χ2n) is 3.93. The first-order valence-corrected chi connectivity index (χ1v) is 7.66. The molecule has 2 aromatic carbocycles. The predicted molar refractivity (Wildman–Crippen MR) is 88.0 cm³/mol. The number of aryl methyl sites for hydroxylation is 1. The van der Waals surface area contributed by atoms with Crippen molar-refractivity contribution in [1.82, 2.24) is 0 Å². The highest BCUT2D eigenvalue weighted by Gasteiger charge is 2.12. The second-order valence-corrected chi connectivity index (χ2v) is 6.41. The summed E-state index contributed by atoms with van der Waals surface area (Å²) in [4.78, 5) is 12.0. The molecule has 0 aliphatic rings. The Balaban J connectivity index is 2.23. The lowest BCUT2D eigenvalue weighted by Gasteiger charge is -2.07. The van der Waals surface area contributed by atoms with Crippen LogP contribution in [0.1, 0.15) is 15.9 Å². The summed E-state index contributed by atoms with van der Waals surface area (Å²) in [6.07, 6.45) is 0. The first kappa shape index (κ1) is 14.8. The van der Waals surface area contributed by atoms with Gasteiger partial charge in [0.05, 0.1) is 10.6 Å². The molecule has 0 fully saturated rings. The molecule has 0 aliphatic carbocycles. The molecule has 0 spiro atoms. The third-order valence-electron chi connectivity index (χ3n) is 2.50. The average Bonchev–Trinajstić information content (AvgIpc) is 2.36. The van der Waals surface area contributed by atoms with Crippen LogP contribution in [0.5, 0.6) is 5.75 Å². The second kappa shape index (κ2) is 6.24. The van der Waals surface area contributed by atoms with Crippen molar-refractivity contribution in [3.8, 4) is 5.75 Å². The van der Waals surface area contributed by atoms with Crippen LogP contribution in [0, 0.1) is 10.5 Å². The van der Waals surface area contributed by atoms with Gasteiger partial charge in [-0.1, -0.05) is 33.6 Å². The van der Waals surface area contributed by atoms with E-state index in [9.17, 15) is 4.79 Å². The summed E-state index contributed by atoms with van der Waals surface area (Å²) in [5.74, 6) is -0.0624. The van der Waals surface area contributed by atoms with Crippen molar-refractivity contribution < 1.29 is 9.53 Å². The number of rotatable bonds is 2. The van der Waals surface area contributed by atoms with Gasteiger partial charge in [-0.2, -0.15) is 0 Å². The number of benzene rings is 2. The largest absolute Gasteiger partial charge is 0.421 e. The molecule has 0 saturated heterocycles. The Hall–Kier alpha value is -0.590. The maximum Gasteiger partial charge on any atom is 0.343 e. The van der Waals surface area contributed by atoms with Crippen LogP contribution in [0.2, 0.25) is 5.02 Å². The zero-order valence-corrected chi connectivity index (χ0v) is 14.4. The minimum Gasteiger partial charge on any atom is -0.421 e. The number of esters is 1. The molecule has 5 heteroatoms. The van der Waals surface area contributed by atoms with E-state index < -0.39 is 5.97 Å². The molecule has 0 atom stereocenters. The summed E-state index contributed by atoms with van der Waals surface area (Å²) < 4.78 is 7.14. The lowest BCUT2D eigenvalue weighted by molar-refractivity contribution is 0.0735. The fourth-order valence-electron chi connectivity index (χ4n) is 1.44. The summed E-state index contributed by atoms with van der Waals surface area (Å²) in [5, 5.41) is 0.393. The van der Waals surface area contributed by atoms with Crippen LogP contribution in [0.4, 0.5) is 0 Å². The standard InChI is InChI=1S/C14H9BrClIO2/c1-8-2-3-9(6-12(8)17)14(18)19-13-5-4-10(15)7-11(13)16/h2-7H,1H3. The molecule has 0 heterocycles. The molecule has 2 aromatic rings. The quantitative estimate of drug-likeness (QED) is 0.355. The molecule has 0 radical (unpaired) electrons. The summed E-state index contributed by atoms with van der Waals surface area (Å²) in [5.41, 5.74) is 1.63. The first-order valence-electron chi connectivity index (χ1n) is 5.41. The average molecular weight is 451 g/mol. The summed E-state index contributed by atoms with van der Waals surface area (Å²) in [6.45, 7) is 1.99. The van der Waals surface area contributed by atoms with Gasteiger partial charge < -0.3 is 4.74 Å². The normalized spacial score (nSPS) is 10.3. The monoisotopic (exact) mass is 450 g/mol. The van der Waals surface area contributed by atoms with Gasteiger partial charge in [0.25, 0.3) is 0 Å². The number of hydrogen-bond donors (Lipinski definition) is 0. The highest BCUT2D eigenvalue weighted by atomic mass is 127. The third-order valence-corrected chi connectivity index (χ3v) is 4.45. The van der Waals surface area contributed by atoms with E-state index in [4.69, 9.17) is 16.3 Å². The molecule has 0 amide bonds. The Kier molecular flexibility index (Phi) is 4.86. The van der Waals surface area contributed by atoms with Gasteiger partial charge in [0.1, 0.15) is 5.75 Å². The minimum absolute atomic E-state index is 0.352. The molecule has 98 valence electrons. The van der Waals surface area contributed by atoms with Crippen LogP contribution in [0.3, 0.4) is 0 Å². The number of carbonyl (C=O) groups is 1. The Bertz CT molecular complexity index is 643. The van der Waals surface area contributed by atoms with Crippen LogP contribution in [-0.4, -0.2) is 5.97 Å². The van der Waals surface area contributed by atoms with Crippen LogP contribution in [0.25, 0.3) is 0 Å². The van der Waals surface area contributed by atoms with Crippen molar-refractivity contribution in [2.75, 3.05) is 0 Å². The van der Waals surface area contributed by atoms with E-state index in [1.54, 1.807) is 30.3 Å². The van der Waals surface area contributed by atoms with E-state index in [0.717, 1.165) is 13.6 Å². The summed E-state index contributed by atoms with van der Waals surface area (Å²) in [6, 6.07) is 10.5. The molecule has 2 rings (SSSR count). The molecular weight excluding hydrogens is 442 g/mol. The molecule has 19 heavy (non-hydrogen) atoms. The van der Waals surface area contributed by atoms with Gasteiger partial charge in [-0.25, -0.2) is 4.79 Å². The summed E-state index contributed by atoms with van der Waals surface area (Å²) in [7, 11) is 0. The maximum absolute atomic E-state index is 12.0. The Morgan fingerprint density at radius 3 is 2.63 bits per heavy atom. The third kappa shape index (κ3) is 3.70. The minimum atomic E-state index is -0.415. The van der Waals surface area contributed by atoms with Crippen LogP contribution in [-0.2, 0) is 0 Å². The number of ether oxygens (including phenoxy) is 1. The Morgan fingerprint density at radius 1 is 1.26 bits per heavy atom.